The smallest absolute Gasteiger partial charge is 0.233 e. The van der Waals surface area contributed by atoms with Gasteiger partial charge in [-0.2, -0.15) is 0 Å². The topological polar surface area (TPSA) is 54.9 Å². The molecule has 0 spiro atoms. The summed E-state index contributed by atoms with van der Waals surface area (Å²) >= 11 is 4.76. The molecular formula is C12H19N3OS3. The van der Waals surface area contributed by atoms with Gasteiger partial charge in [0.25, 0.3) is 0 Å². The Morgan fingerprint density at radius 2 is 2.11 bits per heavy atom. The highest BCUT2D eigenvalue weighted by atomic mass is 32.2. The molecule has 1 fully saturated rings. The summed E-state index contributed by atoms with van der Waals surface area (Å²) in [5.74, 6) is 1.12. The second-order valence-corrected chi connectivity index (χ2v) is 8.59. The molecule has 1 unspecified atom stereocenters. The number of amides is 1. The number of nitrogens with zero attached hydrogens (tertiary/aromatic N) is 2. The molecule has 2 rings (SSSR count). The normalized spacial score (nSPS) is 17.6. The number of hydrogen-bond donors (Lipinski definition) is 1. The molecule has 1 saturated carbocycles. The van der Waals surface area contributed by atoms with E-state index in [1.165, 1.54) is 24.6 Å². The van der Waals surface area contributed by atoms with Crippen LogP contribution in [0.4, 0.5) is 0 Å². The second kappa shape index (κ2) is 7.50. The molecule has 1 atom stereocenters. The largest absolute Gasteiger partial charge is 0.352 e. The molecule has 1 heterocycles. The van der Waals surface area contributed by atoms with Crippen LogP contribution in [0.1, 0.15) is 39.5 Å². The zero-order valence-electron chi connectivity index (χ0n) is 11.2. The molecule has 0 aromatic carbocycles. The van der Waals surface area contributed by atoms with E-state index in [0.29, 0.717) is 6.04 Å². The van der Waals surface area contributed by atoms with Gasteiger partial charge in [0.1, 0.15) is 0 Å². The van der Waals surface area contributed by atoms with Gasteiger partial charge in [0, 0.05) is 6.04 Å². The van der Waals surface area contributed by atoms with Crippen molar-refractivity contribution in [3.05, 3.63) is 0 Å². The predicted octanol–water partition coefficient (Wildman–Crippen LogP) is 3.19. The van der Waals surface area contributed by atoms with Gasteiger partial charge < -0.3 is 5.32 Å². The SMILES string of the molecule is CCSc1nnc(SC(C)C(=O)NC2CCCC2)s1. The van der Waals surface area contributed by atoms with Gasteiger partial charge in [-0.1, -0.05) is 54.6 Å². The van der Waals surface area contributed by atoms with Crippen LogP contribution in [0, 0.1) is 0 Å². The van der Waals surface area contributed by atoms with Crippen molar-refractivity contribution in [2.24, 2.45) is 0 Å². The van der Waals surface area contributed by atoms with E-state index < -0.39 is 0 Å². The fourth-order valence-electron chi connectivity index (χ4n) is 2.02. The third kappa shape index (κ3) is 4.65. The van der Waals surface area contributed by atoms with Crippen LogP contribution in [-0.2, 0) is 4.79 Å². The Balaban J connectivity index is 1.81. The summed E-state index contributed by atoms with van der Waals surface area (Å²) < 4.78 is 1.86. The molecule has 0 saturated heterocycles. The minimum atomic E-state index is -0.104. The first-order chi connectivity index (χ1) is 9.19. The van der Waals surface area contributed by atoms with E-state index in [0.717, 1.165) is 27.3 Å². The molecule has 0 aliphatic heterocycles. The number of rotatable bonds is 6. The first-order valence-corrected chi connectivity index (χ1v) is 9.30. The Morgan fingerprint density at radius 3 is 2.79 bits per heavy atom. The summed E-state index contributed by atoms with van der Waals surface area (Å²) in [4.78, 5) is 12.1. The van der Waals surface area contributed by atoms with Gasteiger partial charge in [-0.25, -0.2) is 0 Å². The molecule has 106 valence electrons. The highest BCUT2D eigenvalue weighted by Gasteiger charge is 2.22. The fourth-order valence-corrected chi connectivity index (χ4v) is 5.09. The molecule has 1 aromatic heterocycles. The molecule has 1 aliphatic rings. The predicted molar refractivity (Wildman–Crippen MR) is 82.0 cm³/mol. The van der Waals surface area contributed by atoms with Gasteiger partial charge in [0.05, 0.1) is 5.25 Å². The van der Waals surface area contributed by atoms with Crippen molar-refractivity contribution in [3.8, 4) is 0 Å². The fraction of sp³-hybridized carbons (Fsp3) is 0.750. The maximum Gasteiger partial charge on any atom is 0.233 e. The molecule has 1 N–H and O–H groups in total. The maximum atomic E-state index is 12.1. The lowest BCUT2D eigenvalue weighted by atomic mass is 10.2. The molecule has 1 aliphatic carbocycles. The highest BCUT2D eigenvalue weighted by molar-refractivity contribution is 8.03. The number of carbonyl (C=O) groups excluding carboxylic acids is 1. The van der Waals surface area contributed by atoms with Crippen LogP contribution in [0.5, 0.6) is 0 Å². The Morgan fingerprint density at radius 1 is 1.42 bits per heavy atom. The first kappa shape index (κ1) is 15.1. The van der Waals surface area contributed by atoms with E-state index in [9.17, 15) is 4.79 Å². The Kier molecular flexibility index (Phi) is 5.97. The van der Waals surface area contributed by atoms with Gasteiger partial charge in [-0.15, -0.1) is 10.2 Å². The van der Waals surface area contributed by atoms with Crippen LogP contribution in [-0.4, -0.2) is 33.1 Å². The monoisotopic (exact) mass is 317 g/mol. The number of thioether (sulfide) groups is 2. The molecule has 7 heteroatoms. The van der Waals surface area contributed by atoms with Crippen molar-refractivity contribution in [1.82, 2.24) is 15.5 Å². The number of hydrogen-bond acceptors (Lipinski definition) is 6. The average molecular weight is 318 g/mol. The van der Waals surface area contributed by atoms with Gasteiger partial charge in [-0.3, -0.25) is 4.79 Å². The van der Waals surface area contributed by atoms with Crippen molar-refractivity contribution in [2.75, 3.05) is 5.75 Å². The van der Waals surface area contributed by atoms with Crippen LogP contribution in [0.25, 0.3) is 0 Å². The van der Waals surface area contributed by atoms with E-state index in [2.05, 4.69) is 22.4 Å². The Labute approximate surface area is 126 Å². The zero-order valence-corrected chi connectivity index (χ0v) is 13.7. The maximum absolute atomic E-state index is 12.1. The zero-order chi connectivity index (χ0) is 13.7. The van der Waals surface area contributed by atoms with Crippen molar-refractivity contribution >= 4 is 40.8 Å². The van der Waals surface area contributed by atoms with Gasteiger partial charge in [0.2, 0.25) is 5.91 Å². The molecule has 0 bridgehead atoms. The van der Waals surface area contributed by atoms with Crippen LogP contribution >= 0.6 is 34.9 Å². The van der Waals surface area contributed by atoms with E-state index in [1.807, 2.05) is 6.92 Å². The first-order valence-electron chi connectivity index (χ1n) is 6.62. The summed E-state index contributed by atoms with van der Waals surface area (Å²) in [6, 6.07) is 0.385. The van der Waals surface area contributed by atoms with Crippen molar-refractivity contribution in [2.45, 2.75) is 59.5 Å². The number of aromatic nitrogens is 2. The second-order valence-electron chi connectivity index (χ2n) is 4.52. The van der Waals surface area contributed by atoms with Crippen molar-refractivity contribution < 1.29 is 4.79 Å². The quantitative estimate of drug-likeness (QED) is 0.817. The third-order valence-corrected chi connectivity index (χ3v) is 6.13. The van der Waals surface area contributed by atoms with Crippen molar-refractivity contribution in [1.29, 1.82) is 0 Å². The minimum absolute atomic E-state index is 0.104. The van der Waals surface area contributed by atoms with E-state index in [1.54, 1.807) is 23.1 Å². The summed E-state index contributed by atoms with van der Waals surface area (Å²) in [6.07, 6.45) is 4.72. The number of carbonyl (C=O) groups is 1. The lowest BCUT2D eigenvalue weighted by Gasteiger charge is -2.15. The van der Waals surface area contributed by atoms with E-state index in [-0.39, 0.29) is 11.2 Å². The van der Waals surface area contributed by atoms with Crippen LogP contribution < -0.4 is 5.32 Å². The Bertz CT molecular complexity index is 418. The van der Waals surface area contributed by atoms with Crippen LogP contribution in [0.15, 0.2) is 8.68 Å². The molecule has 1 aromatic rings. The number of nitrogens with one attached hydrogen (secondary N) is 1. The van der Waals surface area contributed by atoms with Gasteiger partial charge >= 0.3 is 0 Å². The van der Waals surface area contributed by atoms with Gasteiger partial charge in [-0.05, 0) is 25.5 Å². The molecule has 19 heavy (non-hydrogen) atoms. The van der Waals surface area contributed by atoms with E-state index >= 15 is 0 Å². The van der Waals surface area contributed by atoms with E-state index in [4.69, 9.17) is 0 Å². The average Bonchev–Trinajstić information content (AvgIpc) is 3.02. The molecule has 1 amide bonds. The van der Waals surface area contributed by atoms with Crippen LogP contribution in [0.2, 0.25) is 0 Å². The lowest BCUT2D eigenvalue weighted by molar-refractivity contribution is -0.120. The molecule has 0 radical (unpaired) electrons. The lowest BCUT2D eigenvalue weighted by Crippen LogP contribution is -2.37. The molecular weight excluding hydrogens is 298 g/mol. The summed E-state index contributed by atoms with van der Waals surface area (Å²) in [6.45, 7) is 4.03. The Hall–Kier alpha value is -0.270. The third-order valence-electron chi connectivity index (χ3n) is 3.00. The summed E-state index contributed by atoms with van der Waals surface area (Å²) in [5.41, 5.74) is 0. The standard InChI is InChI=1S/C12H19N3OS3/c1-3-17-11-14-15-12(19-11)18-8(2)10(16)13-9-6-4-5-7-9/h8-9H,3-7H2,1-2H3,(H,13,16). The molecule has 4 nitrogen and oxygen atoms in total. The highest BCUT2D eigenvalue weighted by Crippen LogP contribution is 2.31. The van der Waals surface area contributed by atoms with Crippen LogP contribution in [0.3, 0.4) is 0 Å². The minimum Gasteiger partial charge on any atom is -0.352 e. The van der Waals surface area contributed by atoms with Crippen molar-refractivity contribution in [3.63, 3.8) is 0 Å². The van der Waals surface area contributed by atoms with Gasteiger partial charge in [0.15, 0.2) is 8.68 Å². The summed E-state index contributed by atoms with van der Waals surface area (Å²) in [5, 5.41) is 11.2. The summed E-state index contributed by atoms with van der Waals surface area (Å²) in [7, 11) is 0.